The Morgan fingerprint density at radius 3 is 1.74 bits per heavy atom. The minimum atomic E-state index is -1.89. The molecule has 4 nitrogen and oxygen atoms in total. The van der Waals surface area contributed by atoms with Crippen LogP contribution in [-0.2, 0) is 10.3 Å². The van der Waals surface area contributed by atoms with Crippen LogP contribution < -0.4 is 0 Å². The van der Waals surface area contributed by atoms with Crippen molar-refractivity contribution in [2.24, 2.45) is 11.8 Å². The number of Topliss-reactive ketones (excluding diaryl/α,β-unsaturated/α-hetero) is 1. The van der Waals surface area contributed by atoms with Gasteiger partial charge in [0.2, 0.25) is 5.78 Å². The Labute approximate surface area is 162 Å². The lowest BCUT2D eigenvalue weighted by Gasteiger charge is -2.24. The summed E-state index contributed by atoms with van der Waals surface area (Å²) in [5.41, 5.74) is -1.12. The molecule has 1 atom stereocenters. The Morgan fingerprint density at radius 2 is 1.33 bits per heavy atom. The number of aliphatic hydroxyl groups excluding tert-OH is 1. The lowest BCUT2D eigenvalue weighted by Crippen LogP contribution is -2.39. The number of ether oxygens (including phenoxy) is 1. The smallest absolute Gasteiger partial charge is 0.201 e. The van der Waals surface area contributed by atoms with E-state index in [9.17, 15) is 15.0 Å². The second-order valence-corrected chi connectivity index (χ2v) is 7.40. The topological polar surface area (TPSA) is 66.8 Å². The van der Waals surface area contributed by atoms with Crippen LogP contribution in [0.15, 0.2) is 60.7 Å². The lowest BCUT2D eigenvalue weighted by atomic mass is 9.87. The van der Waals surface area contributed by atoms with Gasteiger partial charge in [0.05, 0.1) is 6.61 Å². The molecule has 148 valence electrons. The first kappa shape index (κ1) is 23.0. The largest absolute Gasteiger partial charge is 0.393 e. The quantitative estimate of drug-likeness (QED) is 0.686. The van der Waals surface area contributed by atoms with E-state index in [0.717, 1.165) is 13.2 Å². The lowest BCUT2D eigenvalue weighted by molar-refractivity contribution is -0.00399. The third-order valence-corrected chi connectivity index (χ3v) is 3.79. The summed E-state index contributed by atoms with van der Waals surface area (Å²) in [6.45, 7) is 9.82. The maximum atomic E-state index is 12.3. The highest BCUT2D eigenvalue weighted by Crippen LogP contribution is 2.25. The van der Waals surface area contributed by atoms with E-state index in [2.05, 4.69) is 27.7 Å². The molecule has 1 unspecified atom stereocenters. The SMILES string of the molecule is CC(C)COCC(C)C.O=C(c1ccccc1)C(O)(CO)c1ccccc1. The number of carbonyl (C=O) groups excluding carboxylic acids is 1. The molecule has 27 heavy (non-hydrogen) atoms. The zero-order chi connectivity index (χ0) is 20.3. The van der Waals surface area contributed by atoms with Crippen molar-refractivity contribution in [3.63, 3.8) is 0 Å². The van der Waals surface area contributed by atoms with Crippen molar-refractivity contribution < 1.29 is 19.7 Å². The molecule has 0 spiro atoms. The highest BCUT2D eigenvalue weighted by molar-refractivity contribution is 6.02. The van der Waals surface area contributed by atoms with Crippen LogP contribution >= 0.6 is 0 Å². The molecule has 0 bridgehead atoms. The van der Waals surface area contributed by atoms with Gasteiger partial charge in [0, 0.05) is 18.8 Å². The van der Waals surface area contributed by atoms with Crippen LogP contribution in [0.4, 0.5) is 0 Å². The van der Waals surface area contributed by atoms with Crippen molar-refractivity contribution >= 4 is 5.78 Å². The fourth-order valence-electron chi connectivity index (χ4n) is 2.38. The average molecular weight is 373 g/mol. The molecule has 2 N–H and O–H groups in total. The first-order valence-corrected chi connectivity index (χ1v) is 9.37. The normalized spacial score (nSPS) is 13.0. The molecule has 0 radical (unpaired) electrons. The molecule has 2 aromatic carbocycles. The maximum absolute atomic E-state index is 12.3. The van der Waals surface area contributed by atoms with Gasteiger partial charge in [-0.3, -0.25) is 4.79 Å². The van der Waals surface area contributed by atoms with E-state index in [1.54, 1.807) is 60.7 Å². The van der Waals surface area contributed by atoms with Crippen molar-refractivity contribution in [3.8, 4) is 0 Å². The van der Waals surface area contributed by atoms with Gasteiger partial charge in [-0.05, 0) is 17.4 Å². The molecular weight excluding hydrogens is 340 g/mol. The van der Waals surface area contributed by atoms with Crippen LogP contribution in [0.2, 0.25) is 0 Å². The molecule has 0 aromatic heterocycles. The maximum Gasteiger partial charge on any atom is 0.201 e. The molecule has 0 aliphatic rings. The van der Waals surface area contributed by atoms with Gasteiger partial charge in [0.15, 0.2) is 5.60 Å². The van der Waals surface area contributed by atoms with Crippen LogP contribution in [0.1, 0.15) is 43.6 Å². The summed E-state index contributed by atoms with van der Waals surface area (Å²) in [5, 5.41) is 19.8. The predicted molar refractivity (Wildman–Crippen MR) is 109 cm³/mol. The molecule has 0 heterocycles. The van der Waals surface area contributed by atoms with E-state index in [0.29, 0.717) is 23.0 Å². The second-order valence-electron chi connectivity index (χ2n) is 7.40. The van der Waals surface area contributed by atoms with E-state index in [1.165, 1.54) is 0 Å². The number of benzene rings is 2. The summed E-state index contributed by atoms with van der Waals surface area (Å²) in [6.07, 6.45) is 0. The summed E-state index contributed by atoms with van der Waals surface area (Å²) in [4.78, 5) is 12.3. The Morgan fingerprint density at radius 1 is 0.889 bits per heavy atom. The molecule has 4 heteroatoms. The molecule has 0 aliphatic carbocycles. The number of hydrogen-bond acceptors (Lipinski definition) is 4. The fraction of sp³-hybridized carbons (Fsp3) is 0.435. The summed E-state index contributed by atoms with van der Waals surface area (Å²) in [7, 11) is 0. The Balaban J connectivity index is 0.000000345. The summed E-state index contributed by atoms with van der Waals surface area (Å²) in [5.74, 6) is 0.837. The Kier molecular flexibility index (Phi) is 9.94. The minimum absolute atomic E-state index is 0.373. The van der Waals surface area contributed by atoms with Crippen molar-refractivity contribution in [3.05, 3.63) is 71.8 Å². The van der Waals surface area contributed by atoms with Crippen LogP contribution in [0, 0.1) is 11.8 Å². The fourth-order valence-corrected chi connectivity index (χ4v) is 2.38. The van der Waals surface area contributed by atoms with E-state index < -0.39 is 18.0 Å². The zero-order valence-corrected chi connectivity index (χ0v) is 16.8. The van der Waals surface area contributed by atoms with Gasteiger partial charge in [-0.25, -0.2) is 0 Å². The molecule has 0 saturated carbocycles. The number of carbonyl (C=O) groups is 1. The van der Waals surface area contributed by atoms with Crippen LogP contribution in [0.3, 0.4) is 0 Å². The highest BCUT2D eigenvalue weighted by Gasteiger charge is 2.37. The van der Waals surface area contributed by atoms with Crippen molar-refractivity contribution in [2.45, 2.75) is 33.3 Å². The molecule has 2 aromatic rings. The molecule has 0 saturated heterocycles. The van der Waals surface area contributed by atoms with E-state index in [1.807, 2.05) is 0 Å². The monoisotopic (exact) mass is 372 g/mol. The second kappa shape index (κ2) is 11.7. The zero-order valence-electron chi connectivity index (χ0n) is 16.8. The van der Waals surface area contributed by atoms with Crippen LogP contribution in [-0.4, -0.2) is 35.8 Å². The standard InChI is InChI=1S/C15H14O3.C8H18O/c16-11-15(18,13-9-5-2-6-10-13)14(17)12-7-3-1-4-8-12;1-7(2)5-9-6-8(3)4/h1-10,16,18H,11H2;7-8H,5-6H2,1-4H3. The van der Waals surface area contributed by atoms with Crippen LogP contribution in [0.25, 0.3) is 0 Å². The third kappa shape index (κ3) is 7.63. The van der Waals surface area contributed by atoms with Crippen LogP contribution in [0.5, 0.6) is 0 Å². The van der Waals surface area contributed by atoms with Gasteiger partial charge in [0.25, 0.3) is 0 Å². The average Bonchev–Trinajstić information content (AvgIpc) is 2.68. The van der Waals surface area contributed by atoms with Gasteiger partial charge >= 0.3 is 0 Å². The first-order valence-electron chi connectivity index (χ1n) is 9.37. The van der Waals surface area contributed by atoms with Crippen molar-refractivity contribution in [1.29, 1.82) is 0 Å². The van der Waals surface area contributed by atoms with E-state index >= 15 is 0 Å². The van der Waals surface area contributed by atoms with Gasteiger partial charge in [-0.1, -0.05) is 88.4 Å². The van der Waals surface area contributed by atoms with Gasteiger partial charge < -0.3 is 14.9 Å². The predicted octanol–water partition coefficient (Wildman–Crippen LogP) is 4.06. The third-order valence-electron chi connectivity index (χ3n) is 3.79. The van der Waals surface area contributed by atoms with E-state index in [4.69, 9.17) is 4.74 Å². The summed E-state index contributed by atoms with van der Waals surface area (Å²) in [6, 6.07) is 16.9. The number of rotatable bonds is 8. The van der Waals surface area contributed by atoms with Gasteiger partial charge in [0.1, 0.15) is 0 Å². The Hall–Kier alpha value is -2.01. The number of ketones is 1. The minimum Gasteiger partial charge on any atom is -0.393 e. The molecular formula is C23H32O4. The number of hydrogen-bond donors (Lipinski definition) is 2. The van der Waals surface area contributed by atoms with Crippen molar-refractivity contribution in [2.75, 3.05) is 19.8 Å². The van der Waals surface area contributed by atoms with E-state index in [-0.39, 0.29) is 0 Å². The number of aliphatic hydroxyl groups is 2. The first-order chi connectivity index (χ1) is 12.8. The highest BCUT2D eigenvalue weighted by atomic mass is 16.5. The summed E-state index contributed by atoms with van der Waals surface area (Å²) >= 11 is 0. The Bertz CT molecular complexity index is 645. The van der Waals surface area contributed by atoms with Gasteiger partial charge in [-0.15, -0.1) is 0 Å². The molecule has 0 amide bonds. The molecule has 0 aliphatic heterocycles. The molecule has 2 rings (SSSR count). The molecule has 0 fully saturated rings. The summed E-state index contributed by atoms with van der Waals surface area (Å²) < 4.78 is 5.36. The van der Waals surface area contributed by atoms with Gasteiger partial charge in [-0.2, -0.15) is 0 Å². The van der Waals surface area contributed by atoms with Crippen molar-refractivity contribution in [1.82, 2.24) is 0 Å².